The van der Waals surface area contributed by atoms with Gasteiger partial charge in [-0.15, -0.1) is 0 Å². The minimum atomic E-state index is -1.99. The first-order chi connectivity index (χ1) is 11.9. The molecule has 1 unspecified atom stereocenters. The standard InChI is InChI=1S/C17H25NO7/c18-25-14(20)8-4-7-12(11-5-2-1-3-6-11)9-17(23)16(22)15(21)13(19)10-24-17/h1-3,5-6,12-13,15-16,19,21-23H,4,7-10,18H2/t12?,13-,15+,16-,17-/m1/s1. The van der Waals surface area contributed by atoms with Gasteiger partial charge in [0.15, 0.2) is 5.79 Å². The predicted octanol–water partition coefficient (Wildman–Crippen LogP) is -0.451. The summed E-state index contributed by atoms with van der Waals surface area (Å²) in [6, 6.07) is 9.28. The number of nitrogens with two attached hydrogens (primary N) is 1. The molecule has 2 rings (SSSR count). The summed E-state index contributed by atoms with van der Waals surface area (Å²) < 4.78 is 5.24. The second-order valence-corrected chi connectivity index (χ2v) is 6.35. The van der Waals surface area contributed by atoms with Crippen molar-refractivity contribution in [1.82, 2.24) is 0 Å². The maximum atomic E-state index is 11.2. The lowest BCUT2D eigenvalue weighted by atomic mass is 9.83. The molecule has 0 amide bonds. The Bertz CT molecular complexity index is 555. The van der Waals surface area contributed by atoms with Crippen LogP contribution in [0.1, 0.15) is 37.2 Å². The Morgan fingerprint density at radius 1 is 1.32 bits per heavy atom. The van der Waals surface area contributed by atoms with Gasteiger partial charge >= 0.3 is 5.97 Å². The molecule has 8 heteroatoms. The number of ether oxygens (including phenoxy) is 1. The maximum absolute atomic E-state index is 11.2. The molecule has 0 bridgehead atoms. The van der Waals surface area contributed by atoms with E-state index in [1.165, 1.54) is 0 Å². The molecule has 1 fully saturated rings. The Hall–Kier alpha value is -1.55. The summed E-state index contributed by atoms with van der Waals surface area (Å²) in [5.74, 6) is 2.06. The summed E-state index contributed by atoms with van der Waals surface area (Å²) in [6.07, 6.45) is -3.30. The predicted molar refractivity (Wildman–Crippen MR) is 86.9 cm³/mol. The van der Waals surface area contributed by atoms with E-state index in [0.29, 0.717) is 12.8 Å². The molecule has 1 aliphatic rings. The van der Waals surface area contributed by atoms with Crippen molar-refractivity contribution < 1.29 is 34.8 Å². The van der Waals surface area contributed by atoms with E-state index < -0.39 is 30.1 Å². The van der Waals surface area contributed by atoms with Crippen molar-refractivity contribution >= 4 is 5.97 Å². The van der Waals surface area contributed by atoms with E-state index in [2.05, 4.69) is 4.84 Å². The highest BCUT2D eigenvalue weighted by Crippen LogP contribution is 2.36. The van der Waals surface area contributed by atoms with E-state index in [4.69, 9.17) is 10.6 Å². The Labute approximate surface area is 145 Å². The first kappa shape index (κ1) is 19.8. The van der Waals surface area contributed by atoms with Gasteiger partial charge < -0.3 is 30.0 Å². The number of carbonyl (C=O) groups is 1. The molecule has 25 heavy (non-hydrogen) atoms. The molecule has 0 saturated carbocycles. The Kier molecular flexibility index (Phi) is 6.88. The van der Waals surface area contributed by atoms with Crippen LogP contribution in [0.2, 0.25) is 0 Å². The number of aliphatic hydroxyl groups is 4. The van der Waals surface area contributed by atoms with E-state index in [-0.39, 0.29) is 25.4 Å². The van der Waals surface area contributed by atoms with Crippen molar-refractivity contribution in [2.75, 3.05) is 6.61 Å². The average molecular weight is 355 g/mol. The van der Waals surface area contributed by atoms with Gasteiger partial charge in [0.1, 0.15) is 18.3 Å². The number of benzene rings is 1. The highest BCUT2D eigenvalue weighted by atomic mass is 16.7. The van der Waals surface area contributed by atoms with E-state index in [9.17, 15) is 25.2 Å². The van der Waals surface area contributed by atoms with E-state index in [1.807, 2.05) is 30.3 Å². The smallest absolute Gasteiger partial charge is 0.324 e. The van der Waals surface area contributed by atoms with Crippen molar-refractivity contribution in [1.29, 1.82) is 0 Å². The molecule has 0 aromatic heterocycles. The number of rotatable bonds is 7. The summed E-state index contributed by atoms with van der Waals surface area (Å²) in [6.45, 7) is -0.282. The van der Waals surface area contributed by atoms with Crippen LogP contribution in [0.3, 0.4) is 0 Å². The largest absolute Gasteiger partial charge is 0.388 e. The molecular weight excluding hydrogens is 330 g/mol. The molecule has 0 spiro atoms. The zero-order valence-electron chi connectivity index (χ0n) is 13.8. The van der Waals surface area contributed by atoms with Gasteiger partial charge in [0.25, 0.3) is 0 Å². The molecule has 1 aromatic rings. The van der Waals surface area contributed by atoms with Gasteiger partial charge in [-0.3, -0.25) is 4.79 Å². The average Bonchev–Trinajstić information content (AvgIpc) is 2.63. The van der Waals surface area contributed by atoms with Gasteiger partial charge in [0, 0.05) is 12.8 Å². The molecule has 5 atom stereocenters. The normalized spacial score (nSPS) is 30.7. The minimum absolute atomic E-state index is 0.000364. The fourth-order valence-electron chi connectivity index (χ4n) is 3.09. The van der Waals surface area contributed by atoms with Crippen molar-refractivity contribution in [3.05, 3.63) is 35.9 Å². The van der Waals surface area contributed by atoms with Gasteiger partial charge in [0.2, 0.25) is 0 Å². The van der Waals surface area contributed by atoms with Crippen molar-refractivity contribution in [2.45, 2.75) is 55.7 Å². The SMILES string of the molecule is NOC(=O)CCCC(C[C@@]1(O)OC[C@@H](O)[C@H](O)[C@H]1O)c1ccccc1. The molecule has 1 aromatic carbocycles. The third-order valence-electron chi connectivity index (χ3n) is 4.56. The van der Waals surface area contributed by atoms with Crippen LogP contribution in [-0.4, -0.2) is 57.1 Å². The molecule has 0 aliphatic carbocycles. The van der Waals surface area contributed by atoms with Gasteiger partial charge in [-0.25, -0.2) is 0 Å². The summed E-state index contributed by atoms with van der Waals surface area (Å²) in [4.78, 5) is 15.3. The fraction of sp³-hybridized carbons (Fsp3) is 0.588. The van der Waals surface area contributed by atoms with Gasteiger partial charge in [-0.05, 0) is 24.3 Å². The lowest BCUT2D eigenvalue weighted by Crippen LogP contribution is -2.61. The Morgan fingerprint density at radius 3 is 2.64 bits per heavy atom. The van der Waals surface area contributed by atoms with E-state index in [0.717, 1.165) is 5.56 Å². The lowest BCUT2D eigenvalue weighted by Gasteiger charge is -2.43. The molecule has 1 aliphatic heterocycles. The molecule has 8 nitrogen and oxygen atoms in total. The molecule has 6 N–H and O–H groups in total. The summed E-state index contributed by atoms with van der Waals surface area (Å²) >= 11 is 0. The number of aliphatic hydroxyl groups excluding tert-OH is 3. The zero-order chi connectivity index (χ0) is 18.4. The fourth-order valence-corrected chi connectivity index (χ4v) is 3.09. The van der Waals surface area contributed by atoms with E-state index in [1.54, 1.807) is 0 Å². The first-order valence-electron chi connectivity index (χ1n) is 8.22. The second-order valence-electron chi connectivity index (χ2n) is 6.35. The summed E-state index contributed by atoms with van der Waals surface area (Å²) in [7, 11) is 0. The van der Waals surface area contributed by atoms with Crippen LogP contribution in [0.15, 0.2) is 30.3 Å². The molecule has 1 saturated heterocycles. The molecular formula is C17H25NO7. The molecule has 0 radical (unpaired) electrons. The van der Waals surface area contributed by atoms with Crippen LogP contribution in [-0.2, 0) is 14.4 Å². The summed E-state index contributed by atoms with van der Waals surface area (Å²) in [5, 5.41) is 40.2. The maximum Gasteiger partial charge on any atom is 0.324 e. The minimum Gasteiger partial charge on any atom is -0.388 e. The highest BCUT2D eigenvalue weighted by Gasteiger charge is 2.49. The first-order valence-corrected chi connectivity index (χ1v) is 8.22. The molecule has 140 valence electrons. The quantitative estimate of drug-likeness (QED) is 0.414. The van der Waals surface area contributed by atoms with Crippen LogP contribution in [0, 0.1) is 0 Å². The molecule has 1 heterocycles. The lowest BCUT2D eigenvalue weighted by molar-refractivity contribution is -0.325. The van der Waals surface area contributed by atoms with Crippen LogP contribution in [0.25, 0.3) is 0 Å². The Morgan fingerprint density at radius 2 is 2.00 bits per heavy atom. The number of hydrogen-bond acceptors (Lipinski definition) is 8. The highest BCUT2D eigenvalue weighted by molar-refractivity contribution is 5.68. The van der Waals surface area contributed by atoms with Crippen molar-refractivity contribution in [3.8, 4) is 0 Å². The van der Waals surface area contributed by atoms with E-state index >= 15 is 0 Å². The van der Waals surface area contributed by atoms with Crippen LogP contribution in [0.4, 0.5) is 0 Å². The number of carbonyl (C=O) groups excluding carboxylic acids is 1. The Balaban J connectivity index is 2.11. The van der Waals surface area contributed by atoms with Crippen LogP contribution < -0.4 is 5.90 Å². The van der Waals surface area contributed by atoms with Gasteiger partial charge in [-0.1, -0.05) is 30.3 Å². The zero-order valence-corrected chi connectivity index (χ0v) is 13.8. The van der Waals surface area contributed by atoms with Crippen LogP contribution in [0.5, 0.6) is 0 Å². The third kappa shape index (κ3) is 4.97. The van der Waals surface area contributed by atoms with Gasteiger partial charge in [0.05, 0.1) is 6.61 Å². The van der Waals surface area contributed by atoms with Crippen LogP contribution >= 0.6 is 0 Å². The van der Waals surface area contributed by atoms with Crippen molar-refractivity contribution in [2.24, 2.45) is 5.90 Å². The van der Waals surface area contributed by atoms with Crippen molar-refractivity contribution in [3.63, 3.8) is 0 Å². The second kappa shape index (κ2) is 8.70. The number of hydrogen-bond donors (Lipinski definition) is 5. The van der Waals surface area contributed by atoms with Gasteiger partial charge in [-0.2, -0.15) is 5.90 Å². The topological polar surface area (TPSA) is 142 Å². The third-order valence-corrected chi connectivity index (χ3v) is 4.56. The monoisotopic (exact) mass is 355 g/mol. The summed E-state index contributed by atoms with van der Waals surface area (Å²) in [5.41, 5.74) is 0.897.